The van der Waals surface area contributed by atoms with Crippen molar-refractivity contribution in [1.82, 2.24) is 20.2 Å². The predicted molar refractivity (Wildman–Crippen MR) is 74.5 cm³/mol. The lowest BCUT2D eigenvalue weighted by Crippen LogP contribution is -2.35. The van der Waals surface area contributed by atoms with E-state index in [1.165, 1.54) is 0 Å². The molecule has 2 aromatic rings. The average Bonchev–Trinajstić information content (AvgIpc) is 2.87. The topological polar surface area (TPSA) is 89.8 Å². The van der Waals surface area contributed by atoms with Crippen LogP contribution in [0.2, 0.25) is 0 Å². The summed E-state index contributed by atoms with van der Waals surface area (Å²) in [6, 6.07) is 9.34. The third-order valence-corrected chi connectivity index (χ3v) is 5.09. The summed E-state index contributed by atoms with van der Waals surface area (Å²) in [5, 5.41) is 14.6. The lowest BCUT2D eigenvalue weighted by atomic mass is 10.2. The molecule has 1 saturated heterocycles. The summed E-state index contributed by atoms with van der Waals surface area (Å²) >= 11 is 0. The van der Waals surface area contributed by atoms with Crippen LogP contribution in [0, 0.1) is 0 Å². The number of rotatable bonds is 3. The van der Waals surface area contributed by atoms with Gasteiger partial charge in [-0.2, -0.15) is 4.68 Å². The Labute approximate surface area is 116 Å². The standard InChI is InChI=1S/C12H15N5O2S/c18-20(19)8-4-5-10(9-20)13-12-14-15-16-17(12)11-6-2-1-3-7-11/h1-3,6-7,10H,4-5,8-9H2,(H,13,14,16). The van der Waals surface area contributed by atoms with Crippen LogP contribution in [-0.4, -0.2) is 46.2 Å². The molecule has 8 heteroatoms. The number of hydrogen-bond donors (Lipinski definition) is 1. The van der Waals surface area contributed by atoms with E-state index in [2.05, 4.69) is 20.8 Å². The van der Waals surface area contributed by atoms with Gasteiger partial charge in [-0.05, 0) is 35.4 Å². The molecule has 3 rings (SSSR count). The van der Waals surface area contributed by atoms with Crippen molar-refractivity contribution < 1.29 is 8.42 Å². The SMILES string of the molecule is O=S1(=O)CCCC(Nc2nnnn2-c2ccccc2)C1. The van der Waals surface area contributed by atoms with Crippen LogP contribution in [0.4, 0.5) is 5.95 Å². The molecule has 0 saturated carbocycles. The van der Waals surface area contributed by atoms with Crippen molar-refractivity contribution in [2.45, 2.75) is 18.9 Å². The maximum atomic E-state index is 11.6. The third kappa shape index (κ3) is 2.79. The van der Waals surface area contributed by atoms with E-state index in [9.17, 15) is 8.42 Å². The largest absolute Gasteiger partial charge is 0.349 e. The average molecular weight is 293 g/mol. The molecule has 0 bridgehead atoms. The van der Waals surface area contributed by atoms with E-state index in [0.717, 1.165) is 12.1 Å². The molecule has 1 N–H and O–H groups in total. The van der Waals surface area contributed by atoms with Gasteiger partial charge in [0, 0.05) is 6.04 Å². The molecule has 1 atom stereocenters. The fourth-order valence-corrected chi connectivity index (χ4v) is 3.98. The maximum Gasteiger partial charge on any atom is 0.247 e. The number of nitrogens with one attached hydrogen (secondary N) is 1. The highest BCUT2D eigenvalue weighted by molar-refractivity contribution is 7.91. The highest BCUT2D eigenvalue weighted by Gasteiger charge is 2.26. The molecule has 1 aromatic heterocycles. The molecule has 1 fully saturated rings. The van der Waals surface area contributed by atoms with E-state index in [1.54, 1.807) is 4.68 Å². The Hall–Kier alpha value is -1.96. The van der Waals surface area contributed by atoms with E-state index in [0.29, 0.717) is 12.4 Å². The van der Waals surface area contributed by atoms with Gasteiger partial charge in [0.25, 0.3) is 0 Å². The second kappa shape index (κ2) is 5.20. The van der Waals surface area contributed by atoms with Crippen LogP contribution in [0.15, 0.2) is 30.3 Å². The van der Waals surface area contributed by atoms with Crippen molar-refractivity contribution >= 4 is 15.8 Å². The Bertz CT molecular complexity index is 683. The van der Waals surface area contributed by atoms with Crippen molar-refractivity contribution in [1.29, 1.82) is 0 Å². The zero-order chi connectivity index (χ0) is 14.0. The van der Waals surface area contributed by atoms with Crippen molar-refractivity contribution in [3.8, 4) is 5.69 Å². The molecule has 106 valence electrons. The number of sulfone groups is 1. The van der Waals surface area contributed by atoms with E-state index >= 15 is 0 Å². The molecule has 7 nitrogen and oxygen atoms in total. The summed E-state index contributed by atoms with van der Waals surface area (Å²) in [6.07, 6.45) is 1.48. The second-order valence-electron chi connectivity index (χ2n) is 4.85. The van der Waals surface area contributed by atoms with E-state index in [4.69, 9.17) is 0 Å². The van der Waals surface area contributed by atoms with Gasteiger partial charge in [0.2, 0.25) is 5.95 Å². The van der Waals surface area contributed by atoms with Crippen molar-refractivity contribution in [2.75, 3.05) is 16.8 Å². The summed E-state index contributed by atoms with van der Waals surface area (Å²) < 4.78 is 24.9. The summed E-state index contributed by atoms with van der Waals surface area (Å²) in [4.78, 5) is 0. The van der Waals surface area contributed by atoms with Gasteiger partial charge in [-0.15, -0.1) is 0 Å². The van der Waals surface area contributed by atoms with E-state index in [1.807, 2.05) is 30.3 Å². The molecule has 0 aliphatic carbocycles. The first-order valence-electron chi connectivity index (χ1n) is 6.45. The molecule has 1 aliphatic rings. The van der Waals surface area contributed by atoms with Gasteiger partial charge in [0.1, 0.15) is 0 Å². The Morgan fingerprint density at radius 2 is 2.05 bits per heavy atom. The smallest absolute Gasteiger partial charge is 0.247 e. The van der Waals surface area contributed by atoms with Gasteiger partial charge in [0.05, 0.1) is 17.2 Å². The Morgan fingerprint density at radius 3 is 2.80 bits per heavy atom. The van der Waals surface area contributed by atoms with Crippen molar-refractivity contribution in [3.63, 3.8) is 0 Å². The molecule has 20 heavy (non-hydrogen) atoms. The molecule has 1 unspecified atom stereocenters. The van der Waals surface area contributed by atoms with E-state index in [-0.39, 0.29) is 17.5 Å². The molecular weight excluding hydrogens is 278 g/mol. The highest BCUT2D eigenvalue weighted by atomic mass is 32.2. The van der Waals surface area contributed by atoms with Gasteiger partial charge < -0.3 is 5.32 Å². The Morgan fingerprint density at radius 1 is 1.25 bits per heavy atom. The van der Waals surface area contributed by atoms with Gasteiger partial charge in [-0.1, -0.05) is 23.3 Å². The monoisotopic (exact) mass is 293 g/mol. The minimum Gasteiger partial charge on any atom is -0.349 e. The molecule has 0 amide bonds. The summed E-state index contributed by atoms with van der Waals surface area (Å²) in [7, 11) is -2.95. The fraction of sp³-hybridized carbons (Fsp3) is 0.417. The predicted octanol–water partition coefficient (Wildman–Crippen LogP) is 0.651. The van der Waals surface area contributed by atoms with Crippen LogP contribution in [0.3, 0.4) is 0 Å². The van der Waals surface area contributed by atoms with Gasteiger partial charge in [-0.25, -0.2) is 8.42 Å². The fourth-order valence-electron chi connectivity index (χ4n) is 2.34. The summed E-state index contributed by atoms with van der Waals surface area (Å²) in [5.41, 5.74) is 0.832. The van der Waals surface area contributed by atoms with Gasteiger partial charge >= 0.3 is 0 Å². The lowest BCUT2D eigenvalue weighted by molar-refractivity contribution is 0.560. The Balaban J connectivity index is 1.81. The number of benzene rings is 1. The molecule has 2 heterocycles. The van der Waals surface area contributed by atoms with Crippen LogP contribution < -0.4 is 5.32 Å². The number of nitrogens with zero attached hydrogens (tertiary/aromatic N) is 4. The summed E-state index contributed by atoms with van der Waals surface area (Å²) in [5.74, 6) is 0.877. The van der Waals surface area contributed by atoms with Gasteiger partial charge in [0.15, 0.2) is 9.84 Å². The first-order chi connectivity index (χ1) is 9.64. The molecule has 1 aliphatic heterocycles. The third-order valence-electron chi connectivity index (χ3n) is 3.27. The number of anilines is 1. The highest BCUT2D eigenvalue weighted by Crippen LogP contribution is 2.17. The maximum absolute atomic E-state index is 11.6. The minimum absolute atomic E-state index is 0.134. The minimum atomic E-state index is -2.95. The quantitative estimate of drug-likeness (QED) is 0.893. The summed E-state index contributed by atoms with van der Waals surface area (Å²) in [6.45, 7) is 0. The van der Waals surface area contributed by atoms with Crippen LogP contribution in [-0.2, 0) is 9.84 Å². The van der Waals surface area contributed by atoms with Crippen molar-refractivity contribution in [3.05, 3.63) is 30.3 Å². The molecular formula is C12H15N5O2S. The van der Waals surface area contributed by atoms with Crippen LogP contribution in [0.25, 0.3) is 5.69 Å². The zero-order valence-electron chi connectivity index (χ0n) is 10.8. The molecule has 1 aromatic carbocycles. The van der Waals surface area contributed by atoms with Crippen LogP contribution >= 0.6 is 0 Å². The van der Waals surface area contributed by atoms with Crippen LogP contribution in [0.1, 0.15) is 12.8 Å². The lowest BCUT2D eigenvalue weighted by Gasteiger charge is -2.23. The second-order valence-corrected chi connectivity index (χ2v) is 7.08. The van der Waals surface area contributed by atoms with Crippen molar-refractivity contribution in [2.24, 2.45) is 0 Å². The van der Waals surface area contributed by atoms with Gasteiger partial charge in [-0.3, -0.25) is 0 Å². The number of hydrogen-bond acceptors (Lipinski definition) is 6. The number of aromatic nitrogens is 4. The first kappa shape index (κ1) is 13.0. The number of para-hydroxylation sites is 1. The van der Waals surface area contributed by atoms with Crippen LogP contribution in [0.5, 0.6) is 0 Å². The van der Waals surface area contributed by atoms with E-state index < -0.39 is 9.84 Å². The normalized spacial score (nSPS) is 21.5. The number of tetrazole rings is 1. The molecule has 0 spiro atoms. The molecule has 0 radical (unpaired) electrons. The first-order valence-corrected chi connectivity index (χ1v) is 8.27. The zero-order valence-corrected chi connectivity index (χ0v) is 11.6. The Kier molecular flexibility index (Phi) is 3.39.